The molecule has 2 rings (SSSR count). The predicted molar refractivity (Wildman–Crippen MR) is 72.9 cm³/mol. The number of oxazole rings is 1. The molecule has 4 nitrogen and oxygen atoms in total. The number of aromatic amines is 1. The molecular weight excluding hydrogens is 228 g/mol. The van der Waals surface area contributed by atoms with Crippen LogP contribution in [0.25, 0.3) is 11.1 Å². The number of aromatic nitrogens is 1. The molecule has 1 heterocycles. The van der Waals surface area contributed by atoms with Crippen LogP contribution in [0.4, 0.5) is 0 Å². The second kappa shape index (κ2) is 4.98. The zero-order valence-corrected chi connectivity index (χ0v) is 11.2. The number of rotatable bonds is 4. The molecule has 0 saturated heterocycles. The number of benzene rings is 1. The third kappa shape index (κ3) is 3.47. The molecule has 0 atom stereocenters. The van der Waals surface area contributed by atoms with Crippen LogP contribution in [-0.2, 0) is 6.42 Å². The Kier molecular flexibility index (Phi) is 3.57. The first-order valence-corrected chi connectivity index (χ1v) is 6.31. The fourth-order valence-corrected chi connectivity index (χ4v) is 1.91. The highest BCUT2D eigenvalue weighted by Crippen LogP contribution is 2.13. The lowest BCUT2D eigenvalue weighted by Crippen LogP contribution is -2.36. The molecule has 0 aliphatic heterocycles. The van der Waals surface area contributed by atoms with Gasteiger partial charge in [-0.2, -0.15) is 0 Å². The van der Waals surface area contributed by atoms with Crippen molar-refractivity contribution in [3.63, 3.8) is 0 Å². The van der Waals surface area contributed by atoms with Crippen molar-refractivity contribution in [2.24, 2.45) is 0 Å². The van der Waals surface area contributed by atoms with Crippen molar-refractivity contribution >= 4 is 11.1 Å². The zero-order valence-electron chi connectivity index (χ0n) is 11.2. The van der Waals surface area contributed by atoms with Gasteiger partial charge in [-0.3, -0.25) is 4.98 Å². The topological polar surface area (TPSA) is 58.0 Å². The van der Waals surface area contributed by atoms with E-state index in [9.17, 15) is 4.79 Å². The van der Waals surface area contributed by atoms with Gasteiger partial charge in [-0.25, -0.2) is 4.79 Å². The van der Waals surface area contributed by atoms with Crippen molar-refractivity contribution in [3.05, 3.63) is 34.3 Å². The molecule has 0 spiro atoms. The molecule has 18 heavy (non-hydrogen) atoms. The molecule has 0 aliphatic rings. The van der Waals surface area contributed by atoms with E-state index in [0.29, 0.717) is 5.58 Å². The Labute approximate surface area is 106 Å². The Balaban J connectivity index is 1.93. The summed E-state index contributed by atoms with van der Waals surface area (Å²) in [5, 5.41) is 3.46. The molecule has 4 heteroatoms. The Morgan fingerprint density at radius 1 is 1.33 bits per heavy atom. The van der Waals surface area contributed by atoms with Crippen LogP contribution in [-0.4, -0.2) is 17.1 Å². The average molecular weight is 248 g/mol. The largest absolute Gasteiger partial charge is 0.417 e. The Hall–Kier alpha value is -1.55. The summed E-state index contributed by atoms with van der Waals surface area (Å²) in [6.07, 6.45) is 2.07. The number of hydrogen-bond donors (Lipinski definition) is 2. The fourth-order valence-electron chi connectivity index (χ4n) is 1.91. The summed E-state index contributed by atoms with van der Waals surface area (Å²) in [4.78, 5) is 13.7. The molecule has 1 aromatic heterocycles. The molecule has 0 fully saturated rings. The number of fused-ring (bicyclic) bond motifs is 1. The third-order valence-corrected chi connectivity index (χ3v) is 2.78. The first-order chi connectivity index (χ1) is 8.44. The standard InChI is InChI=1S/C14H20N2O2/c1-14(2,3)15-8-4-5-10-6-7-12-11(9-10)16-13(17)18-12/h6-7,9,15H,4-5,8H2,1-3H3,(H,16,17). The minimum absolute atomic E-state index is 0.166. The Morgan fingerprint density at radius 2 is 2.11 bits per heavy atom. The minimum Gasteiger partial charge on any atom is -0.408 e. The van der Waals surface area contributed by atoms with E-state index in [1.54, 1.807) is 0 Å². The van der Waals surface area contributed by atoms with Crippen molar-refractivity contribution in [3.8, 4) is 0 Å². The summed E-state index contributed by atoms with van der Waals surface area (Å²) in [5.41, 5.74) is 2.79. The summed E-state index contributed by atoms with van der Waals surface area (Å²) in [5.74, 6) is -0.392. The maximum absolute atomic E-state index is 11.0. The van der Waals surface area contributed by atoms with Crippen LogP contribution in [0, 0.1) is 0 Å². The first kappa shape index (κ1) is 12.9. The fraction of sp³-hybridized carbons (Fsp3) is 0.500. The number of H-pyrrole nitrogens is 1. The maximum Gasteiger partial charge on any atom is 0.417 e. The van der Waals surface area contributed by atoms with Crippen LogP contribution in [0.2, 0.25) is 0 Å². The van der Waals surface area contributed by atoms with Crippen molar-refractivity contribution in [1.82, 2.24) is 10.3 Å². The van der Waals surface area contributed by atoms with Crippen LogP contribution >= 0.6 is 0 Å². The first-order valence-electron chi connectivity index (χ1n) is 6.31. The average Bonchev–Trinajstić information content (AvgIpc) is 2.62. The highest BCUT2D eigenvalue weighted by molar-refractivity contribution is 5.72. The van der Waals surface area contributed by atoms with Gasteiger partial charge in [-0.1, -0.05) is 6.07 Å². The van der Waals surface area contributed by atoms with Crippen LogP contribution in [0.3, 0.4) is 0 Å². The number of nitrogens with one attached hydrogen (secondary N) is 2. The Bertz CT molecular complexity index is 575. The lowest BCUT2D eigenvalue weighted by molar-refractivity contribution is 0.422. The van der Waals surface area contributed by atoms with Crippen molar-refractivity contribution in [2.75, 3.05) is 6.54 Å². The van der Waals surface area contributed by atoms with Crippen LogP contribution < -0.4 is 11.1 Å². The second-order valence-electron chi connectivity index (χ2n) is 5.63. The highest BCUT2D eigenvalue weighted by atomic mass is 16.4. The monoisotopic (exact) mass is 248 g/mol. The summed E-state index contributed by atoms with van der Waals surface area (Å²) in [7, 11) is 0. The highest BCUT2D eigenvalue weighted by Gasteiger charge is 2.07. The van der Waals surface area contributed by atoms with E-state index in [0.717, 1.165) is 24.9 Å². The second-order valence-corrected chi connectivity index (χ2v) is 5.63. The number of aryl methyl sites for hydroxylation is 1. The molecule has 0 radical (unpaired) electrons. The molecule has 0 amide bonds. The van der Waals surface area contributed by atoms with E-state index in [1.807, 2.05) is 18.2 Å². The van der Waals surface area contributed by atoms with Gasteiger partial charge in [0.1, 0.15) is 0 Å². The smallest absolute Gasteiger partial charge is 0.408 e. The lowest BCUT2D eigenvalue weighted by atomic mass is 10.1. The van der Waals surface area contributed by atoms with E-state index in [2.05, 4.69) is 31.1 Å². The van der Waals surface area contributed by atoms with Gasteiger partial charge in [0, 0.05) is 5.54 Å². The molecule has 0 unspecified atom stereocenters. The van der Waals surface area contributed by atoms with E-state index < -0.39 is 5.76 Å². The lowest BCUT2D eigenvalue weighted by Gasteiger charge is -2.20. The molecule has 2 N–H and O–H groups in total. The molecule has 2 aromatic rings. The van der Waals surface area contributed by atoms with Gasteiger partial charge < -0.3 is 9.73 Å². The number of hydrogen-bond acceptors (Lipinski definition) is 3. The molecule has 98 valence electrons. The van der Waals surface area contributed by atoms with E-state index in [-0.39, 0.29) is 5.54 Å². The van der Waals surface area contributed by atoms with Crippen LogP contribution in [0.15, 0.2) is 27.4 Å². The Morgan fingerprint density at radius 3 is 2.83 bits per heavy atom. The molecule has 1 aromatic carbocycles. The van der Waals surface area contributed by atoms with Gasteiger partial charge in [0.2, 0.25) is 0 Å². The van der Waals surface area contributed by atoms with Gasteiger partial charge in [0.25, 0.3) is 0 Å². The van der Waals surface area contributed by atoms with E-state index in [4.69, 9.17) is 4.42 Å². The minimum atomic E-state index is -0.392. The normalized spacial score (nSPS) is 12.2. The zero-order chi connectivity index (χ0) is 13.2. The molecule has 0 aliphatic carbocycles. The van der Waals surface area contributed by atoms with Crippen LogP contribution in [0.5, 0.6) is 0 Å². The van der Waals surface area contributed by atoms with E-state index >= 15 is 0 Å². The summed E-state index contributed by atoms with van der Waals surface area (Å²) in [6, 6.07) is 5.84. The SMILES string of the molecule is CC(C)(C)NCCCc1ccc2oc(=O)[nH]c2c1. The maximum atomic E-state index is 11.0. The molecule has 0 bridgehead atoms. The predicted octanol–water partition coefficient (Wildman–Crippen LogP) is 2.44. The van der Waals surface area contributed by atoms with Crippen molar-refractivity contribution in [2.45, 2.75) is 39.2 Å². The quantitative estimate of drug-likeness (QED) is 0.817. The van der Waals surface area contributed by atoms with Crippen molar-refractivity contribution in [1.29, 1.82) is 0 Å². The van der Waals surface area contributed by atoms with Gasteiger partial charge >= 0.3 is 5.76 Å². The van der Waals surface area contributed by atoms with Gasteiger partial charge in [-0.05, 0) is 57.9 Å². The van der Waals surface area contributed by atoms with Gasteiger partial charge in [0.15, 0.2) is 5.58 Å². The summed E-state index contributed by atoms with van der Waals surface area (Å²) >= 11 is 0. The van der Waals surface area contributed by atoms with E-state index in [1.165, 1.54) is 5.56 Å². The van der Waals surface area contributed by atoms with Gasteiger partial charge in [0.05, 0.1) is 5.52 Å². The third-order valence-electron chi connectivity index (χ3n) is 2.78. The summed E-state index contributed by atoms with van der Waals surface area (Å²) in [6.45, 7) is 7.48. The summed E-state index contributed by atoms with van der Waals surface area (Å²) < 4.78 is 4.97. The van der Waals surface area contributed by atoms with Crippen molar-refractivity contribution < 1.29 is 4.42 Å². The molecular formula is C14H20N2O2. The molecule has 0 saturated carbocycles. The van der Waals surface area contributed by atoms with Crippen LogP contribution in [0.1, 0.15) is 32.8 Å². The van der Waals surface area contributed by atoms with Gasteiger partial charge in [-0.15, -0.1) is 0 Å².